The van der Waals surface area contributed by atoms with E-state index in [1.54, 1.807) is 19.1 Å². The molecule has 0 radical (unpaired) electrons. The number of halogens is 2. The Labute approximate surface area is 173 Å². The number of anilines is 1. The number of amides is 1. The number of phenolic OH excluding ortho intramolecular Hbond substituents is 1. The third-order valence-corrected chi connectivity index (χ3v) is 5.16. The number of hydrogen-bond acceptors (Lipinski definition) is 4. The molecule has 3 aromatic rings. The Balaban J connectivity index is 1.61. The summed E-state index contributed by atoms with van der Waals surface area (Å²) in [5.41, 5.74) is 4.11. The average molecular weight is 491 g/mol. The largest absolute Gasteiger partial charge is 0.506 e. The van der Waals surface area contributed by atoms with E-state index in [0.29, 0.717) is 8.95 Å². The Morgan fingerprint density at radius 1 is 1.07 bits per heavy atom. The molecule has 3 rings (SSSR count). The number of fused-ring (bicyclic) bond motifs is 1. The number of hydrogen-bond donors (Lipinski definition) is 3. The fourth-order valence-corrected chi connectivity index (χ4v) is 3.74. The van der Waals surface area contributed by atoms with E-state index in [-0.39, 0.29) is 11.7 Å². The molecule has 1 atom stereocenters. The van der Waals surface area contributed by atoms with Crippen molar-refractivity contribution in [3.63, 3.8) is 0 Å². The second-order valence-electron chi connectivity index (χ2n) is 6.00. The summed E-state index contributed by atoms with van der Waals surface area (Å²) in [6.07, 6.45) is 1.51. The molecule has 27 heavy (non-hydrogen) atoms. The van der Waals surface area contributed by atoms with E-state index in [0.717, 1.165) is 22.0 Å². The first-order chi connectivity index (χ1) is 12.9. The lowest BCUT2D eigenvalue weighted by Gasteiger charge is -2.14. The van der Waals surface area contributed by atoms with E-state index < -0.39 is 6.04 Å². The van der Waals surface area contributed by atoms with Crippen molar-refractivity contribution in [2.75, 3.05) is 5.32 Å². The molecule has 0 aliphatic rings. The second-order valence-corrected chi connectivity index (χ2v) is 7.70. The van der Waals surface area contributed by atoms with Crippen molar-refractivity contribution in [2.24, 2.45) is 5.10 Å². The number of carbonyl (C=O) groups excluding carboxylic acids is 1. The summed E-state index contributed by atoms with van der Waals surface area (Å²) in [5.74, 6) is -0.138. The topological polar surface area (TPSA) is 73.7 Å². The molecule has 0 aliphatic heterocycles. The van der Waals surface area contributed by atoms with E-state index >= 15 is 0 Å². The summed E-state index contributed by atoms with van der Waals surface area (Å²) in [5, 5.41) is 19.1. The van der Waals surface area contributed by atoms with Gasteiger partial charge >= 0.3 is 0 Å². The third-order valence-electron chi connectivity index (χ3n) is 3.95. The van der Waals surface area contributed by atoms with Gasteiger partial charge < -0.3 is 10.4 Å². The standard InChI is InChI=1S/C20H17Br2N3O2/c1-12(24-16-7-6-14-4-2-3-5-15(14)10-16)20(27)25-23-11-13-8-17(21)19(26)18(22)9-13/h2-12,24,26H,1H3,(H,25,27). The minimum absolute atomic E-state index is 0.115. The van der Waals surface area contributed by atoms with Crippen LogP contribution in [0.15, 0.2) is 68.6 Å². The van der Waals surface area contributed by atoms with Crippen LogP contribution in [-0.4, -0.2) is 23.3 Å². The maximum absolute atomic E-state index is 12.2. The number of nitrogens with zero attached hydrogens (tertiary/aromatic N) is 1. The maximum Gasteiger partial charge on any atom is 0.262 e. The van der Waals surface area contributed by atoms with Gasteiger partial charge in [0.25, 0.3) is 5.91 Å². The molecule has 138 valence electrons. The molecule has 0 aromatic heterocycles. The fraction of sp³-hybridized carbons (Fsp3) is 0.100. The first-order valence-electron chi connectivity index (χ1n) is 8.20. The first-order valence-corrected chi connectivity index (χ1v) is 9.79. The van der Waals surface area contributed by atoms with Gasteiger partial charge in [0, 0.05) is 5.69 Å². The van der Waals surface area contributed by atoms with Gasteiger partial charge in [0.05, 0.1) is 15.2 Å². The van der Waals surface area contributed by atoms with Crippen LogP contribution in [0, 0.1) is 0 Å². The minimum Gasteiger partial charge on any atom is -0.506 e. The summed E-state index contributed by atoms with van der Waals surface area (Å²) in [7, 11) is 0. The Hall–Kier alpha value is -2.38. The Bertz CT molecular complexity index is 998. The number of phenols is 1. The molecular weight excluding hydrogens is 474 g/mol. The van der Waals surface area contributed by atoms with E-state index in [4.69, 9.17) is 0 Å². The zero-order valence-electron chi connectivity index (χ0n) is 14.4. The minimum atomic E-state index is -0.457. The van der Waals surface area contributed by atoms with Gasteiger partial charge in [-0.15, -0.1) is 0 Å². The van der Waals surface area contributed by atoms with Crippen molar-refractivity contribution in [3.8, 4) is 5.75 Å². The smallest absolute Gasteiger partial charge is 0.262 e. The third kappa shape index (κ3) is 4.87. The van der Waals surface area contributed by atoms with Gasteiger partial charge in [-0.3, -0.25) is 4.79 Å². The van der Waals surface area contributed by atoms with Crippen molar-refractivity contribution in [3.05, 3.63) is 69.1 Å². The molecule has 3 N–H and O–H groups in total. The van der Waals surface area contributed by atoms with Crippen molar-refractivity contribution in [2.45, 2.75) is 13.0 Å². The molecule has 0 aliphatic carbocycles. The van der Waals surface area contributed by atoms with Crippen LogP contribution in [0.4, 0.5) is 5.69 Å². The molecule has 0 saturated heterocycles. The van der Waals surface area contributed by atoms with Crippen molar-refractivity contribution in [1.29, 1.82) is 0 Å². The zero-order valence-corrected chi connectivity index (χ0v) is 17.6. The van der Waals surface area contributed by atoms with Gasteiger partial charge in [0.2, 0.25) is 0 Å². The number of rotatable bonds is 5. The van der Waals surface area contributed by atoms with E-state index in [1.165, 1.54) is 6.21 Å². The lowest BCUT2D eigenvalue weighted by molar-refractivity contribution is -0.121. The first kappa shape index (κ1) is 19.4. The number of hydrazone groups is 1. The lowest BCUT2D eigenvalue weighted by Crippen LogP contribution is -2.34. The Kier molecular flexibility index (Phi) is 6.13. The van der Waals surface area contributed by atoms with Crippen LogP contribution in [0.3, 0.4) is 0 Å². The number of benzene rings is 3. The SMILES string of the molecule is CC(Nc1ccc2ccccc2c1)C(=O)NN=Cc1cc(Br)c(O)c(Br)c1. The average Bonchev–Trinajstić information content (AvgIpc) is 2.65. The van der Waals surface area contributed by atoms with Crippen LogP contribution < -0.4 is 10.7 Å². The molecule has 0 spiro atoms. The van der Waals surface area contributed by atoms with Crippen LogP contribution in [0.1, 0.15) is 12.5 Å². The number of carbonyl (C=O) groups is 1. The fourth-order valence-electron chi connectivity index (χ4n) is 2.52. The Morgan fingerprint density at radius 2 is 1.74 bits per heavy atom. The molecule has 7 heteroatoms. The maximum atomic E-state index is 12.2. The van der Waals surface area contributed by atoms with Gasteiger partial charge in [-0.25, -0.2) is 5.43 Å². The summed E-state index contributed by atoms with van der Waals surface area (Å²) < 4.78 is 1.08. The monoisotopic (exact) mass is 489 g/mol. The quantitative estimate of drug-likeness (QED) is 0.347. The van der Waals surface area contributed by atoms with Gasteiger partial charge in [-0.2, -0.15) is 5.10 Å². The lowest BCUT2D eigenvalue weighted by atomic mass is 10.1. The van der Waals surface area contributed by atoms with Gasteiger partial charge in [0.1, 0.15) is 11.8 Å². The molecule has 3 aromatic carbocycles. The van der Waals surface area contributed by atoms with Gasteiger partial charge in [0.15, 0.2) is 0 Å². The van der Waals surface area contributed by atoms with Crippen LogP contribution in [0.5, 0.6) is 5.75 Å². The normalized spacial score (nSPS) is 12.3. The molecule has 0 bridgehead atoms. The molecule has 0 saturated carbocycles. The van der Waals surface area contributed by atoms with Crippen LogP contribution >= 0.6 is 31.9 Å². The molecule has 5 nitrogen and oxygen atoms in total. The van der Waals surface area contributed by atoms with Crippen LogP contribution in [0.25, 0.3) is 10.8 Å². The summed E-state index contributed by atoms with van der Waals surface area (Å²) in [4.78, 5) is 12.2. The number of nitrogens with one attached hydrogen (secondary N) is 2. The predicted octanol–water partition coefficient (Wildman–Crippen LogP) is 5.02. The molecular formula is C20H17Br2N3O2. The zero-order chi connectivity index (χ0) is 19.4. The van der Waals surface area contributed by atoms with Crippen LogP contribution in [0.2, 0.25) is 0 Å². The molecule has 1 unspecified atom stereocenters. The summed E-state index contributed by atoms with van der Waals surface area (Å²) >= 11 is 6.51. The van der Waals surface area contributed by atoms with E-state index in [9.17, 15) is 9.90 Å². The highest BCUT2D eigenvalue weighted by molar-refractivity contribution is 9.11. The van der Waals surface area contributed by atoms with E-state index in [2.05, 4.69) is 47.7 Å². The summed E-state index contributed by atoms with van der Waals surface area (Å²) in [6, 6.07) is 17.0. The number of aromatic hydroxyl groups is 1. The second kappa shape index (κ2) is 8.54. The summed E-state index contributed by atoms with van der Waals surface area (Å²) in [6.45, 7) is 1.77. The predicted molar refractivity (Wildman–Crippen MR) is 116 cm³/mol. The molecule has 1 amide bonds. The van der Waals surface area contributed by atoms with Crippen molar-refractivity contribution >= 4 is 60.4 Å². The Morgan fingerprint density at radius 3 is 2.44 bits per heavy atom. The van der Waals surface area contributed by atoms with Gasteiger partial charge in [-0.1, -0.05) is 30.3 Å². The molecule has 0 fully saturated rings. The molecule has 0 heterocycles. The van der Waals surface area contributed by atoms with Crippen molar-refractivity contribution in [1.82, 2.24) is 5.43 Å². The highest BCUT2D eigenvalue weighted by atomic mass is 79.9. The highest BCUT2D eigenvalue weighted by Gasteiger charge is 2.12. The highest BCUT2D eigenvalue weighted by Crippen LogP contribution is 2.32. The van der Waals surface area contributed by atoms with Gasteiger partial charge in [-0.05, 0) is 79.4 Å². The van der Waals surface area contributed by atoms with Crippen LogP contribution in [-0.2, 0) is 4.79 Å². The van der Waals surface area contributed by atoms with E-state index in [1.807, 2.05) is 42.5 Å². The van der Waals surface area contributed by atoms with Crippen molar-refractivity contribution < 1.29 is 9.90 Å².